The number of halogens is 2. The molecule has 0 aliphatic rings. The zero-order valence-electron chi connectivity index (χ0n) is 14.8. The molecule has 0 saturated carbocycles. The molecule has 1 aromatic carbocycles. The zero-order valence-corrected chi connectivity index (χ0v) is 16.3. The second-order valence-corrected chi connectivity index (χ2v) is 6.82. The molecule has 0 aliphatic carbocycles. The van der Waals surface area contributed by atoms with E-state index in [4.69, 9.17) is 0 Å². The van der Waals surface area contributed by atoms with Crippen LogP contribution < -0.4 is 5.32 Å². The average Bonchev–Trinajstić information content (AvgIpc) is 3.10. The summed E-state index contributed by atoms with van der Waals surface area (Å²) in [4.78, 5) is 12.6. The molecule has 136 valence electrons. The Kier molecular flexibility index (Phi) is 5.22. The maximum atomic E-state index is 13.4. The molecule has 2 aromatic heterocycles. The number of hydrogen-bond acceptors (Lipinski definition) is 3. The molecule has 0 bridgehead atoms. The minimum Gasteiger partial charge on any atom is -0.317 e. The number of hydrogen-bond donors (Lipinski definition) is 1. The van der Waals surface area contributed by atoms with Crippen LogP contribution in [0.1, 0.15) is 34.4 Å². The standard InChI is InChI=1S/C18H19BrFN5O/c1-4-24-10-15(19)17(23-24)18(26)21-16-11(2)22-25(12(16)3)9-13-6-5-7-14(20)8-13/h5-8,10H,4,9H2,1-3H3,(H,21,26). The molecule has 2 heterocycles. The summed E-state index contributed by atoms with van der Waals surface area (Å²) in [5, 5.41) is 11.6. The molecule has 0 saturated heterocycles. The van der Waals surface area contributed by atoms with Crippen molar-refractivity contribution in [1.29, 1.82) is 0 Å². The molecule has 0 spiro atoms. The topological polar surface area (TPSA) is 64.7 Å². The molecule has 3 aromatic rings. The van der Waals surface area contributed by atoms with Gasteiger partial charge in [-0.2, -0.15) is 10.2 Å². The molecule has 0 radical (unpaired) electrons. The van der Waals surface area contributed by atoms with Gasteiger partial charge in [0, 0.05) is 12.7 Å². The summed E-state index contributed by atoms with van der Waals surface area (Å²) < 4.78 is 17.5. The van der Waals surface area contributed by atoms with Gasteiger partial charge in [0.2, 0.25) is 0 Å². The van der Waals surface area contributed by atoms with Crippen LogP contribution in [0.5, 0.6) is 0 Å². The molecule has 26 heavy (non-hydrogen) atoms. The van der Waals surface area contributed by atoms with Crippen LogP contribution in [0.15, 0.2) is 34.9 Å². The van der Waals surface area contributed by atoms with Crippen LogP contribution in [0.3, 0.4) is 0 Å². The molecule has 8 heteroatoms. The Morgan fingerprint density at radius 1 is 1.31 bits per heavy atom. The number of carbonyl (C=O) groups is 1. The van der Waals surface area contributed by atoms with Crippen LogP contribution in [0.2, 0.25) is 0 Å². The number of benzene rings is 1. The maximum absolute atomic E-state index is 13.4. The van der Waals surface area contributed by atoms with E-state index in [1.165, 1.54) is 12.1 Å². The van der Waals surface area contributed by atoms with E-state index in [9.17, 15) is 9.18 Å². The van der Waals surface area contributed by atoms with Crippen molar-refractivity contribution in [2.75, 3.05) is 5.32 Å². The predicted molar refractivity (Wildman–Crippen MR) is 101 cm³/mol. The van der Waals surface area contributed by atoms with Gasteiger partial charge in [0.05, 0.1) is 28.1 Å². The molecular weight excluding hydrogens is 401 g/mol. The summed E-state index contributed by atoms with van der Waals surface area (Å²) in [5.41, 5.74) is 3.26. The van der Waals surface area contributed by atoms with Gasteiger partial charge in [-0.3, -0.25) is 14.2 Å². The van der Waals surface area contributed by atoms with Gasteiger partial charge in [-0.25, -0.2) is 4.39 Å². The lowest BCUT2D eigenvalue weighted by Gasteiger charge is -2.07. The number of anilines is 1. The van der Waals surface area contributed by atoms with Crippen molar-refractivity contribution in [3.8, 4) is 0 Å². The zero-order chi connectivity index (χ0) is 18.8. The second-order valence-electron chi connectivity index (χ2n) is 5.97. The molecule has 1 N–H and O–H groups in total. The van der Waals surface area contributed by atoms with Gasteiger partial charge in [-0.05, 0) is 54.4 Å². The van der Waals surface area contributed by atoms with E-state index in [-0.39, 0.29) is 11.7 Å². The van der Waals surface area contributed by atoms with Crippen molar-refractivity contribution in [3.63, 3.8) is 0 Å². The SMILES string of the molecule is CCn1cc(Br)c(C(=O)Nc2c(C)nn(Cc3cccc(F)c3)c2C)n1. The first kappa shape index (κ1) is 18.3. The molecular formula is C18H19BrFN5O. The second kappa shape index (κ2) is 7.41. The van der Waals surface area contributed by atoms with E-state index in [2.05, 4.69) is 31.4 Å². The summed E-state index contributed by atoms with van der Waals surface area (Å²) in [6, 6.07) is 6.39. The summed E-state index contributed by atoms with van der Waals surface area (Å²) >= 11 is 3.36. The minimum atomic E-state index is -0.305. The minimum absolute atomic E-state index is 0.283. The lowest BCUT2D eigenvalue weighted by molar-refractivity contribution is 0.102. The first-order chi connectivity index (χ1) is 12.4. The summed E-state index contributed by atoms with van der Waals surface area (Å²) in [7, 11) is 0. The van der Waals surface area contributed by atoms with Gasteiger partial charge in [-0.1, -0.05) is 12.1 Å². The van der Waals surface area contributed by atoms with Crippen LogP contribution in [-0.4, -0.2) is 25.5 Å². The van der Waals surface area contributed by atoms with E-state index in [0.29, 0.717) is 34.6 Å². The molecule has 1 amide bonds. The van der Waals surface area contributed by atoms with Gasteiger partial charge < -0.3 is 5.32 Å². The van der Waals surface area contributed by atoms with E-state index < -0.39 is 0 Å². The van der Waals surface area contributed by atoms with Crippen molar-refractivity contribution in [3.05, 3.63) is 63.4 Å². The Labute approximate surface area is 159 Å². The number of rotatable bonds is 5. The third-order valence-electron chi connectivity index (χ3n) is 4.10. The number of aromatic nitrogens is 4. The number of amides is 1. The van der Waals surface area contributed by atoms with Gasteiger partial charge in [0.15, 0.2) is 5.69 Å². The van der Waals surface area contributed by atoms with Gasteiger partial charge in [0.1, 0.15) is 5.82 Å². The Balaban J connectivity index is 1.83. The Morgan fingerprint density at radius 3 is 2.73 bits per heavy atom. The molecule has 0 aliphatic heterocycles. The molecule has 0 unspecified atom stereocenters. The highest BCUT2D eigenvalue weighted by molar-refractivity contribution is 9.10. The lowest BCUT2D eigenvalue weighted by atomic mass is 10.2. The fourth-order valence-corrected chi connectivity index (χ4v) is 3.22. The van der Waals surface area contributed by atoms with Crippen molar-refractivity contribution in [1.82, 2.24) is 19.6 Å². The van der Waals surface area contributed by atoms with Crippen LogP contribution in [0.4, 0.5) is 10.1 Å². The number of nitrogens with one attached hydrogen (secondary N) is 1. The quantitative estimate of drug-likeness (QED) is 0.681. The van der Waals surface area contributed by atoms with E-state index in [1.807, 2.05) is 26.8 Å². The normalized spacial score (nSPS) is 11.0. The molecule has 0 fully saturated rings. The van der Waals surface area contributed by atoms with Crippen molar-refractivity contribution in [2.24, 2.45) is 0 Å². The summed E-state index contributed by atoms with van der Waals surface area (Å²) in [6.07, 6.45) is 1.77. The first-order valence-electron chi connectivity index (χ1n) is 8.21. The number of nitrogens with zero attached hydrogens (tertiary/aromatic N) is 4. The van der Waals surface area contributed by atoms with Crippen LogP contribution in [0, 0.1) is 19.7 Å². The fraction of sp³-hybridized carbons (Fsp3) is 0.278. The summed E-state index contributed by atoms with van der Waals surface area (Å²) in [6.45, 7) is 6.74. The highest BCUT2D eigenvalue weighted by atomic mass is 79.9. The van der Waals surface area contributed by atoms with Crippen molar-refractivity contribution >= 4 is 27.5 Å². The van der Waals surface area contributed by atoms with E-state index in [1.54, 1.807) is 21.6 Å². The van der Waals surface area contributed by atoms with Crippen LogP contribution in [0.25, 0.3) is 0 Å². The number of aryl methyl sites for hydroxylation is 2. The third-order valence-corrected chi connectivity index (χ3v) is 4.68. The van der Waals surface area contributed by atoms with Crippen LogP contribution >= 0.6 is 15.9 Å². The molecule has 6 nitrogen and oxygen atoms in total. The van der Waals surface area contributed by atoms with Crippen molar-refractivity contribution < 1.29 is 9.18 Å². The van der Waals surface area contributed by atoms with Crippen LogP contribution in [-0.2, 0) is 13.1 Å². The largest absolute Gasteiger partial charge is 0.317 e. The van der Waals surface area contributed by atoms with Gasteiger partial charge >= 0.3 is 0 Å². The Hall–Kier alpha value is -2.48. The smallest absolute Gasteiger partial charge is 0.277 e. The van der Waals surface area contributed by atoms with Crippen molar-refractivity contribution in [2.45, 2.75) is 33.9 Å². The Bertz CT molecular complexity index is 963. The fourth-order valence-electron chi connectivity index (χ4n) is 2.73. The predicted octanol–water partition coefficient (Wildman–Crippen LogP) is 3.92. The van der Waals surface area contributed by atoms with E-state index in [0.717, 1.165) is 11.3 Å². The highest BCUT2D eigenvalue weighted by Crippen LogP contribution is 2.23. The lowest BCUT2D eigenvalue weighted by Crippen LogP contribution is -2.15. The average molecular weight is 420 g/mol. The monoisotopic (exact) mass is 419 g/mol. The van der Waals surface area contributed by atoms with E-state index >= 15 is 0 Å². The number of carbonyl (C=O) groups excluding carboxylic acids is 1. The maximum Gasteiger partial charge on any atom is 0.277 e. The van der Waals surface area contributed by atoms with Gasteiger partial charge in [0.25, 0.3) is 5.91 Å². The third kappa shape index (κ3) is 3.70. The highest BCUT2D eigenvalue weighted by Gasteiger charge is 2.19. The Morgan fingerprint density at radius 2 is 2.08 bits per heavy atom. The molecule has 3 rings (SSSR count). The first-order valence-corrected chi connectivity index (χ1v) is 9.01. The molecule has 0 atom stereocenters. The van der Waals surface area contributed by atoms with Gasteiger partial charge in [-0.15, -0.1) is 0 Å². The summed E-state index contributed by atoms with van der Waals surface area (Å²) in [5.74, 6) is -0.588.